The minimum absolute atomic E-state index is 0.0869. The Kier molecular flexibility index (Phi) is 3.47. The van der Waals surface area contributed by atoms with Gasteiger partial charge in [-0.3, -0.25) is 10.4 Å². The van der Waals surface area contributed by atoms with Gasteiger partial charge in [-0.15, -0.1) is 0 Å². The second-order valence-corrected chi connectivity index (χ2v) is 3.86. The van der Waals surface area contributed by atoms with Gasteiger partial charge in [-0.05, 0) is 11.6 Å². The van der Waals surface area contributed by atoms with Crippen molar-refractivity contribution >= 4 is 11.7 Å². The summed E-state index contributed by atoms with van der Waals surface area (Å²) >= 11 is 0. The van der Waals surface area contributed by atoms with Crippen molar-refractivity contribution in [1.29, 1.82) is 5.41 Å². The van der Waals surface area contributed by atoms with Crippen molar-refractivity contribution in [2.75, 3.05) is 11.9 Å². The molecule has 2 heterocycles. The van der Waals surface area contributed by atoms with Crippen LogP contribution in [0.15, 0.2) is 36.9 Å². The average molecular weight is 242 g/mol. The molecule has 0 saturated heterocycles. The molecule has 0 spiro atoms. The van der Waals surface area contributed by atoms with Crippen LogP contribution < -0.4 is 10.6 Å². The van der Waals surface area contributed by atoms with E-state index in [0.29, 0.717) is 18.1 Å². The van der Waals surface area contributed by atoms with E-state index < -0.39 is 0 Å². The summed E-state index contributed by atoms with van der Waals surface area (Å²) in [6.45, 7) is 0.632. The number of nitrogens with two attached hydrogens (primary N) is 1. The van der Waals surface area contributed by atoms with Crippen LogP contribution in [0.3, 0.4) is 0 Å². The van der Waals surface area contributed by atoms with E-state index in [4.69, 9.17) is 11.1 Å². The first kappa shape index (κ1) is 12.0. The third-order valence-corrected chi connectivity index (χ3v) is 2.44. The van der Waals surface area contributed by atoms with Gasteiger partial charge in [-0.25, -0.2) is 9.97 Å². The maximum atomic E-state index is 7.49. The van der Waals surface area contributed by atoms with E-state index in [-0.39, 0.29) is 5.84 Å². The quantitative estimate of drug-likeness (QED) is 0.611. The van der Waals surface area contributed by atoms with Crippen LogP contribution >= 0.6 is 0 Å². The fourth-order valence-electron chi connectivity index (χ4n) is 1.64. The Morgan fingerprint density at radius 3 is 2.78 bits per heavy atom. The predicted molar refractivity (Wildman–Crippen MR) is 69.4 cm³/mol. The lowest BCUT2D eigenvalue weighted by atomic mass is 10.2. The zero-order valence-corrected chi connectivity index (χ0v) is 10.0. The van der Waals surface area contributed by atoms with Crippen molar-refractivity contribution < 1.29 is 0 Å². The van der Waals surface area contributed by atoms with Crippen molar-refractivity contribution in [2.24, 2.45) is 5.73 Å². The summed E-state index contributed by atoms with van der Waals surface area (Å²) in [5, 5.41) is 7.49. The molecule has 2 aromatic rings. The number of aromatic nitrogens is 3. The van der Waals surface area contributed by atoms with Crippen LogP contribution in [-0.4, -0.2) is 27.8 Å². The van der Waals surface area contributed by atoms with Gasteiger partial charge in [0.25, 0.3) is 0 Å². The lowest BCUT2D eigenvalue weighted by Crippen LogP contribution is -2.24. The molecule has 0 aliphatic heterocycles. The van der Waals surface area contributed by atoms with E-state index in [0.717, 1.165) is 5.56 Å². The van der Waals surface area contributed by atoms with Gasteiger partial charge in [0.2, 0.25) is 0 Å². The largest absolute Gasteiger partial charge is 0.382 e. The van der Waals surface area contributed by atoms with E-state index >= 15 is 0 Å². The molecule has 0 fully saturated rings. The van der Waals surface area contributed by atoms with E-state index in [1.807, 2.05) is 24.1 Å². The number of hydrogen-bond acceptors (Lipinski definition) is 5. The SMILES string of the molecule is CN(Cc1cccnc1)c1nccnc1C(=N)N. The van der Waals surface area contributed by atoms with Crippen LogP contribution in [0, 0.1) is 5.41 Å². The second-order valence-electron chi connectivity index (χ2n) is 3.86. The molecular weight excluding hydrogens is 228 g/mol. The van der Waals surface area contributed by atoms with Gasteiger partial charge in [0, 0.05) is 38.4 Å². The maximum Gasteiger partial charge on any atom is 0.158 e. The van der Waals surface area contributed by atoms with Crippen LogP contribution in [0.25, 0.3) is 0 Å². The first-order valence-corrected chi connectivity index (χ1v) is 5.44. The molecule has 0 aliphatic rings. The molecule has 2 rings (SSSR count). The number of nitrogens with zero attached hydrogens (tertiary/aromatic N) is 4. The molecular formula is C12H14N6. The third-order valence-electron chi connectivity index (χ3n) is 2.44. The molecule has 0 unspecified atom stereocenters. The van der Waals surface area contributed by atoms with Crippen molar-refractivity contribution in [3.05, 3.63) is 48.2 Å². The fourth-order valence-corrected chi connectivity index (χ4v) is 1.64. The summed E-state index contributed by atoms with van der Waals surface area (Å²) in [7, 11) is 1.88. The molecule has 2 aromatic heterocycles. The molecule has 0 aromatic carbocycles. The van der Waals surface area contributed by atoms with Gasteiger partial charge in [0.1, 0.15) is 11.5 Å². The second kappa shape index (κ2) is 5.22. The summed E-state index contributed by atoms with van der Waals surface area (Å²) < 4.78 is 0. The highest BCUT2D eigenvalue weighted by molar-refractivity contribution is 5.97. The number of anilines is 1. The van der Waals surface area contributed by atoms with Crippen molar-refractivity contribution in [1.82, 2.24) is 15.0 Å². The lowest BCUT2D eigenvalue weighted by molar-refractivity contribution is 0.880. The van der Waals surface area contributed by atoms with Crippen molar-refractivity contribution in [3.8, 4) is 0 Å². The number of nitrogens with one attached hydrogen (secondary N) is 1. The summed E-state index contributed by atoms with van der Waals surface area (Å²) in [4.78, 5) is 14.2. The highest BCUT2D eigenvalue weighted by Gasteiger charge is 2.12. The van der Waals surface area contributed by atoms with Crippen LogP contribution in [0.2, 0.25) is 0 Å². The minimum atomic E-state index is -0.0869. The summed E-state index contributed by atoms with van der Waals surface area (Å²) in [5.74, 6) is 0.505. The molecule has 3 N–H and O–H groups in total. The van der Waals surface area contributed by atoms with E-state index in [9.17, 15) is 0 Å². The Balaban J connectivity index is 2.24. The topological polar surface area (TPSA) is 91.8 Å². The van der Waals surface area contributed by atoms with Gasteiger partial charge < -0.3 is 10.6 Å². The van der Waals surface area contributed by atoms with Crippen LogP contribution in [0.1, 0.15) is 11.3 Å². The van der Waals surface area contributed by atoms with Crippen molar-refractivity contribution in [2.45, 2.75) is 6.54 Å². The maximum absolute atomic E-state index is 7.49. The number of amidine groups is 1. The minimum Gasteiger partial charge on any atom is -0.382 e. The van der Waals surface area contributed by atoms with Gasteiger partial charge in [0.15, 0.2) is 5.82 Å². The zero-order valence-electron chi connectivity index (χ0n) is 10.0. The molecule has 0 aliphatic carbocycles. The van der Waals surface area contributed by atoms with Crippen LogP contribution in [0.5, 0.6) is 0 Å². The summed E-state index contributed by atoms with van der Waals surface area (Å²) in [5.41, 5.74) is 6.94. The van der Waals surface area contributed by atoms with E-state index in [2.05, 4.69) is 15.0 Å². The standard InChI is InChI=1S/C12H14N6/c1-18(8-9-3-2-4-15-7-9)12-10(11(13)14)16-5-6-17-12/h2-7H,8H2,1H3,(H3,13,14). The zero-order chi connectivity index (χ0) is 13.0. The van der Waals surface area contributed by atoms with Gasteiger partial charge in [-0.1, -0.05) is 6.07 Å². The average Bonchev–Trinajstić information content (AvgIpc) is 2.40. The fraction of sp³-hybridized carbons (Fsp3) is 0.167. The number of pyridine rings is 1. The molecule has 0 amide bonds. The Morgan fingerprint density at radius 1 is 1.33 bits per heavy atom. The normalized spacial score (nSPS) is 10.1. The first-order valence-electron chi connectivity index (χ1n) is 5.44. The number of hydrogen-bond donors (Lipinski definition) is 2. The van der Waals surface area contributed by atoms with Crippen LogP contribution in [-0.2, 0) is 6.54 Å². The van der Waals surface area contributed by atoms with Gasteiger partial charge in [0.05, 0.1) is 0 Å². The highest BCUT2D eigenvalue weighted by atomic mass is 15.2. The van der Waals surface area contributed by atoms with Gasteiger partial charge in [-0.2, -0.15) is 0 Å². The lowest BCUT2D eigenvalue weighted by Gasteiger charge is -2.19. The smallest absolute Gasteiger partial charge is 0.158 e. The molecule has 0 atom stereocenters. The Bertz CT molecular complexity index is 539. The molecule has 0 bridgehead atoms. The predicted octanol–water partition coefficient (Wildman–Crippen LogP) is 0.792. The number of rotatable bonds is 4. The third kappa shape index (κ3) is 2.60. The van der Waals surface area contributed by atoms with Crippen molar-refractivity contribution in [3.63, 3.8) is 0 Å². The highest BCUT2D eigenvalue weighted by Crippen LogP contribution is 2.15. The monoisotopic (exact) mass is 242 g/mol. The molecule has 92 valence electrons. The van der Waals surface area contributed by atoms with E-state index in [1.165, 1.54) is 6.20 Å². The first-order chi connectivity index (χ1) is 8.68. The van der Waals surface area contributed by atoms with Gasteiger partial charge >= 0.3 is 0 Å². The summed E-state index contributed by atoms with van der Waals surface area (Å²) in [6, 6.07) is 3.86. The Hall–Kier alpha value is -2.50. The molecule has 6 heteroatoms. The Labute approximate surface area is 105 Å². The molecule has 0 radical (unpaired) electrons. The van der Waals surface area contributed by atoms with Crippen LogP contribution in [0.4, 0.5) is 5.82 Å². The summed E-state index contributed by atoms with van der Waals surface area (Å²) in [6.07, 6.45) is 6.63. The number of nitrogen functional groups attached to an aromatic ring is 1. The Morgan fingerprint density at radius 2 is 2.11 bits per heavy atom. The molecule has 18 heavy (non-hydrogen) atoms. The molecule has 0 saturated carbocycles. The van der Waals surface area contributed by atoms with E-state index in [1.54, 1.807) is 18.6 Å². The molecule has 6 nitrogen and oxygen atoms in total.